The first-order valence-electron chi connectivity index (χ1n) is 5.32. The van der Waals surface area contributed by atoms with Gasteiger partial charge in [-0.1, -0.05) is 29.8 Å². The van der Waals surface area contributed by atoms with Crippen molar-refractivity contribution in [1.82, 2.24) is 10.2 Å². The number of nitrogen functional groups attached to an aromatic ring is 1. The highest BCUT2D eigenvalue weighted by atomic mass is 79.9. The highest BCUT2D eigenvalue weighted by Crippen LogP contribution is 2.38. The maximum absolute atomic E-state index is 10.0. The monoisotopic (exact) mass is 295 g/mol. The minimum atomic E-state index is 0.213. The van der Waals surface area contributed by atoms with Gasteiger partial charge in [0.2, 0.25) is 0 Å². The zero-order chi connectivity index (χ0) is 12.6. The summed E-state index contributed by atoms with van der Waals surface area (Å²) in [5.74, 6) is 1.00. The van der Waals surface area contributed by atoms with Gasteiger partial charge in [0.05, 0.1) is 6.20 Å². The van der Waals surface area contributed by atoms with E-state index < -0.39 is 0 Å². The molecular formula is C12H14BrN3O. The summed E-state index contributed by atoms with van der Waals surface area (Å²) < 4.78 is 0.959. The van der Waals surface area contributed by atoms with E-state index in [2.05, 4.69) is 40.0 Å². The molecule has 0 saturated heterocycles. The molecule has 5 heteroatoms. The van der Waals surface area contributed by atoms with Gasteiger partial charge in [-0.15, -0.1) is 0 Å². The van der Waals surface area contributed by atoms with E-state index in [9.17, 15) is 5.11 Å². The van der Waals surface area contributed by atoms with Crippen LogP contribution in [0.4, 0.5) is 5.82 Å². The molecule has 17 heavy (non-hydrogen) atoms. The van der Waals surface area contributed by atoms with Crippen molar-refractivity contribution in [2.45, 2.75) is 19.8 Å². The summed E-state index contributed by atoms with van der Waals surface area (Å²) >= 11 is 3.51. The first-order valence-corrected chi connectivity index (χ1v) is 6.11. The van der Waals surface area contributed by atoms with Gasteiger partial charge in [-0.05, 0) is 23.6 Å². The van der Waals surface area contributed by atoms with Crippen LogP contribution in [0.25, 0.3) is 11.1 Å². The average Bonchev–Trinajstić information content (AvgIpc) is 2.67. The number of nitrogens with two attached hydrogens (primary N) is 1. The lowest BCUT2D eigenvalue weighted by atomic mass is 9.98. The summed E-state index contributed by atoms with van der Waals surface area (Å²) in [5.41, 5.74) is 8.19. The Morgan fingerprint density at radius 2 is 2.06 bits per heavy atom. The smallest absolute Gasteiger partial charge is 0.126 e. The number of rotatable bonds is 2. The van der Waals surface area contributed by atoms with Gasteiger partial charge in [0.1, 0.15) is 11.6 Å². The Balaban J connectivity index is 2.58. The number of aromatic amines is 1. The van der Waals surface area contributed by atoms with Crippen molar-refractivity contribution in [1.29, 1.82) is 0 Å². The first kappa shape index (κ1) is 12.0. The molecule has 0 amide bonds. The van der Waals surface area contributed by atoms with Crippen LogP contribution in [-0.4, -0.2) is 15.3 Å². The predicted octanol–water partition coefficient (Wildman–Crippen LogP) is 3.25. The molecule has 2 rings (SSSR count). The van der Waals surface area contributed by atoms with Gasteiger partial charge in [0.15, 0.2) is 0 Å². The van der Waals surface area contributed by atoms with E-state index >= 15 is 0 Å². The fourth-order valence-electron chi connectivity index (χ4n) is 1.75. The molecule has 90 valence electrons. The second kappa shape index (κ2) is 4.41. The quantitative estimate of drug-likeness (QED) is 0.796. The molecule has 0 radical (unpaired) electrons. The number of hydrogen-bond donors (Lipinski definition) is 3. The lowest BCUT2D eigenvalue weighted by molar-refractivity contribution is 0.476. The zero-order valence-corrected chi connectivity index (χ0v) is 11.2. The van der Waals surface area contributed by atoms with Crippen LogP contribution in [0.3, 0.4) is 0 Å². The molecule has 1 aromatic heterocycles. The number of benzene rings is 1. The summed E-state index contributed by atoms with van der Waals surface area (Å²) in [6.07, 6.45) is 1.60. The third kappa shape index (κ3) is 2.15. The van der Waals surface area contributed by atoms with Gasteiger partial charge in [-0.2, -0.15) is 5.10 Å². The van der Waals surface area contributed by atoms with E-state index in [4.69, 9.17) is 5.73 Å². The van der Waals surface area contributed by atoms with Crippen molar-refractivity contribution in [3.8, 4) is 16.9 Å². The minimum Gasteiger partial charge on any atom is -0.507 e. The molecule has 4 N–H and O–H groups in total. The molecule has 1 aromatic carbocycles. The summed E-state index contributed by atoms with van der Waals surface area (Å²) in [6.45, 7) is 4.15. The van der Waals surface area contributed by atoms with E-state index in [1.807, 2.05) is 6.07 Å². The third-order valence-electron chi connectivity index (χ3n) is 2.70. The number of anilines is 1. The average molecular weight is 296 g/mol. The Morgan fingerprint density at radius 1 is 1.35 bits per heavy atom. The topological polar surface area (TPSA) is 74.9 Å². The third-order valence-corrected chi connectivity index (χ3v) is 3.38. The van der Waals surface area contributed by atoms with Crippen molar-refractivity contribution in [2.75, 3.05) is 5.73 Å². The molecule has 0 aliphatic carbocycles. The van der Waals surface area contributed by atoms with Gasteiger partial charge in [0.25, 0.3) is 0 Å². The van der Waals surface area contributed by atoms with E-state index in [0.717, 1.165) is 10.0 Å². The molecule has 0 fully saturated rings. The Morgan fingerprint density at radius 3 is 2.59 bits per heavy atom. The van der Waals surface area contributed by atoms with Crippen LogP contribution in [0, 0.1) is 0 Å². The van der Waals surface area contributed by atoms with Gasteiger partial charge in [-0.3, -0.25) is 5.10 Å². The first-order chi connectivity index (χ1) is 8.00. The van der Waals surface area contributed by atoms with E-state index in [1.165, 1.54) is 0 Å². The Bertz CT molecular complexity index is 549. The maximum atomic E-state index is 10.0. The molecule has 0 atom stereocenters. The number of halogens is 1. The molecule has 4 nitrogen and oxygen atoms in total. The number of aromatic nitrogens is 2. The van der Waals surface area contributed by atoms with Gasteiger partial charge < -0.3 is 10.8 Å². The van der Waals surface area contributed by atoms with Crippen molar-refractivity contribution < 1.29 is 5.11 Å². The number of hydrogen-bond acceptors (Lipinski definition) is 3. The molecular weight excluding hydrogens is 282 g/mol. The molecule has 0 spiro atoms. The zero-order valence-electron chi connectivity index (χ0n) is 9.66. The molecule has 0 saturated carbocycles. The van der Waals surface area contributed by atoms with Crippen LogP contribution >= 0.6 is 15.9 Å². The van der Waals surface area contributed by atoms with Crippen LogP contribution in [0.2, 0.25) is 0 Å². The summed E-state index contributed by atoms with van der Waals surface area (Å²) in [7, 11) is 0. The largest absolute Gasteiger partial charge is 0.507 e. The lowest BCUT2D eigenvalue weighted by Crippen LogP contribution is -1.92. The second-order valence-electron chi connectivity index (χ2n) is 4.24. The van der Waals surface area contributed by atoms with Crippen LogP contribution in [0.1, 0.15) is 25.3 Å². The standard InChI is InChI=1S/C12H14BrN3O/c1-6(2)7-4-11(17)8(3-10(7)13)9-5-15-16-12(9)14/h3-6,17H,1-2H3,(H3,14,15,16). The SMILES string of the molecule is CC(C)c1cc(O)c(-c2cn[nH]c2N)cc1Br. The maximum Gasteiger partial charge on any atom is 0.126 e. The second-order valence-corrected chi connectivity index (χ2v) is 5.10. The normalized spacial score (nSPS) is 11.1. The molecule has 0 bridgehead atoms. The minimum absolute atomic E-state index is 0.213. The summed E-state index contributed by atoms with van der Waals surface area (Å²) in [5, 5.41) is 16.5. The van der Waals surface area contributed by atoms with Crippen LogP contribution < -0.4 is 5.73 Å². The van der Waals surface area contributed by atoms with E-state index in [-0.39, 0.29) is 5.75 Å². The number of nitrogens with one attached hydrogen (secondary N) is 1. The Kier molecular flexibility index (Phi) is 3.11. The fourth-order valence-corrected chi connectivity index (χ4v) is 2.55. The van der Waals surface area contributed by atoms with Crippen molar-refractivity contribution in [2.24, 2.45) is 0 Å². The summed E-state index contributed by atoms with van der Waals surface area (Å²) in [4.78, 5) is 0. The van der Waals surface area contributed by atoms with E-state index in [0.29, 0.717) is 22.9 Å². The van der Waals surface area contributed by atoms with Crippen molar-refractivity contribution >= 4 is 21.7 Å². The highest BCUT2D eigenvalue weighted by Gasteiger charge is 2.14. The van der Waals surface area contributed by atoms with Crippen LogP contribution in [0.15, 0.2) is 22.8 Å². The predicted molar refractivity (Wildman–Crippen MR) is 71.9 cm³/mol. The fraction of sp³-hybridized carbons (Fsp3) is 0.250. The Labute approximate surface area is 108 Å². The lowest BCUT2D eigenvalue weighted by Gasteiger charge is -2.12. The number of phenolic OH excluding ortho intramolecular Hbond substituents is 1. The number of H-pyrrole nitrogens is 1. The number of nitrogens with zero attached hydrogens (tertiary/aromatic N) is 1. The number of phenols is 1. The number of aromatic hydroxyl groups is 1. The van der Waals surface area contributed by atoms with Crippen molar-refractivity contribution in [3.63, 3.8) is 0 Å². The highest BCUT2D eigenvalue weighted by molar-refractivity contribution is 9.10. The van der Waals surface area contributed by atoms with Gasteiger partial charge >= 0.3 is 0 Å². The van der Waals surface area contributed by atoms with Crippen LogP contribution in [-0.2, 0) is 0 Å². The molecule has 0 aliphatic heterocycles. The Hall–Kier alpha value is -1.49. The van der Waals surface area contributed by atoms with E-state index in [1.54, 1.807) is 12.3 Å². The molecule has 0 aliphatic rings. The molecule has 0 unspecified atom stereocenters. The van der Waals surface area contributed by atoms with Crippen LogP contribution in [0.5, 0.6) is 5.75 Å². The molecule has 2 aromatic rings. The molecule has 1 heterocycles. The van der Waals surface area contributed by atoms with Crippen molar-refractivity contribution in [3.05, 3.63) is 28.4 Å². The van der Waals surface area contributed by atoms with Gasteiger partial charge in [0, 0.05) is 15.6 Å². The van der Waals surface area contributed by atoms with Gasteiger partial charge in [-0.25, -0.2) is 0 Å². The summed E-state index contributed by atoms with van der Waals surface area (Å²) in [6, 6.07) is 3.63.